The van der Waals surface area contributed by atoms with Crippen LogP contribution in [0.3, 0.4) is 0 Å². The van der Waals surface area contributed by atoms with Crippen molar-refractivity contribution in [2.45, 2.75) is 27.4 Å². The molecule has 32 heavy (non-hydrogen) atoms. The molecule has 0 aliphatic heterocycles. The average molecular weight is 597 g/mol. The maximum atomic E-state index is 13.4. The molecular formula is C24H29ClNO3PSSn. The SMILES string of the molecule is CCOP(C)(=O)C(C(=O)N/C=C/c1ccc[c]([Sn]([CH3])([CH3])[CH3])c1)c1csc2ccc(Cl)cc12. The topological polar surface area (TPSA) is 55.4 Å². The Hall–Kier alpha value is -1.11. The molecule has 0 saturated carbocycles. The number of thiophene rings is 1. The summed E-state index contributed by atoms with van der Waals surface area (Å²) in [6.07, 6.45) is 3.50. The van der Waals surface area contributed by atoms with Crippen LogP contribution >= 0.6 is 30.3 Å². The van der Waals surface area contributed by atoms with E-state index in [-0.39, 0.29) is 12.5 Å². The Morgan fingerprint density at radius 2 is 2.00 bits per heavy atom. The molecule has 3 aromatic rings. The third kappa shape index (κ3) is 6.06. The van der Waals surface area contributed by atoms with Crippen molar-refractivity contribution in [3.8, 4) is 0 Å². The molecule has 0 saturated heterocycles. The first-order valence-electron chi connectivity index (χ1n) is 10.5. The van der Waals surface area contributed by atoms with Gasteiger partial charge in [-0.25, -0.2) is 0 Å². The van der Waals surface area contributed by atoms with E-state index >= 15 is 0 Å². The van der Waals surface area contributed by atoms with Gasteiger partial charge in [-0.2, -0.15) is 0 Å². The van der Waals surface area contributed by atoms with Crippen LogP contribution in [0.15, 0.2) is 54.0 Å². The van der Waals surface area contributed by atoms with Crippen LogP contribution in [0.2, 0.25) is 19.8 Å². The number of halogens is 1. The standard InChI is InChI=1S/C21H20ClNO3PS.3CH3.Sn/c1-3-26-27(2,25)20(18-14-28-19-10-9-16(22)13-17(18)19)21(24)23-12-11-15-7-5-4-6-8-15;;;;/h4-5,7-14,20H,3H2,1-2H3,(H,23,24);3*1H3;/b12-11+;;;;. The zero-order valence-corrected chi connectivity index (χ0v) is 24.3. The number of carbonyl (C=O) groups excluding carboxylic acids is 1. The summed E-state index contributed by atoms with van der Waals surface area (Å²) in [5.74, 6) is -0.355. The zero-order chi connectivity index (χ0) is 23.5. The average Bonchev–Trinajstić information content (AvgIpc) is 3.10. The molecule has 2 unspecified atom stereocenters. The summed E-state index contributed by atoms with van der Waals surface area (Å²) in [7, 11) is -3.28. The molecule has 0 fully saturated rings. The van der Waals surface area contributed by atoms with Crippen molar-refractivity contribution in [1.82, 2.24) is 5.32 Å². The number of hydrogen-bond donors (Lipinski definition) is 1. The summed E-state index contributed by atoms with van der Waals surface area (Å²) in [5.41, 5.74) is 0.793. The van der Waals surface area contributed by atoms with Crippen molar-refractivity contribution >= 4 is 74.3 Å². The van der Waals surface area contributed by atoms with Crippen molar-refractivity contribution < 1.29 is 13.9 Å². The van der Waals surface area contributed by atoms with Gasteiger partial charge in [0, 0.05) is 0 Å². The molecule has 2 atom stereocenters. The summed E-state index contributed by atoms with van der Waals surface area (Å²) in [4.78, 5) is 20.4. The summed E-state index contributed by atoms with van der Waals surface area (Å²) in [6, 6.07) is 14.0. The molecule has 0 spiro atoms. The Bertz CT molecular complexity index is 1200. The van der Waals surface area contributed by atoms with Crippen LogP contribution in [0.25, 0.3) is 16.2 Å². The molecular weight excluding hydrogens is 567 g/mol. The summed E-state index contributed by atoms with van der Waals surface area (Å²) in [6.45, 7) is 3.57. The number of carbonyl (C=O) groups is 1. The predicted molar refractivity (Wildman–Crippen MR) is 141 cm³/mol. The fourth-order valence-electron chi connectivity index (χ4n) is 3.58. The fraction of sp³-hybridized carbons (Fsp3) is 0.292. The monoisotopic (exact) mass is 597 g/mol. The van der Waals surface area contributed by atoms with Crippen LogP contribution in [0, 0.1) is 0 Å². The Labute approximate surface area is 203 Å². The van der Waals surface area contributed by atoms with E-state index in [9.17, 15) is 9.36 Å². The van der Waals surface area contributed by atoms with Gasteiger partial charge in [0.1, 0.15) is 0 Å². The normalized spacial score (nSPS) is 15.1. The third-order valence-electron chi connectivity index (χ3n) is 5.22. The van der Waals surface area contributed by atoms with E-state index in [1.54, 1.807) is 13.1 Å². The molecule has 0 bridgehead atoms. The van der Waals surface area contributed by atoms with Crippen molar-refractivity contribution in [2.24, 2.45) is 0 Å². The molecule has 3 rings (SSSR count). The Kier molecular flexibility index (Phi) is 8.32. The minimum atomic E-state index is -3.28. The van der Waals surface area contributed by atoms with Crippen molar-refractivity contribution in [1.29, 1.82) is 0 Å². The molecule has 2 aromatic carbocycles. The van der Waals surface area contributed by atoms with Gasteiger partial charge < -0.3 is 0 Å². The summed E-state index contributed by atoms with van der Waals surface area (Å²) >= 11 is 5.52. The molecule has 4 nitrogen and oxygen atoms in total. The van der Waals surface area contributed by atoms with Crippen LogP contribution in [0.5, 0.6) is 0 Å². The van der Waals surface area contributed by atoms with Gasteiger partial charge in [0.15, 0.2) is 0 Å². The van der Waals surface area contributed by atoms with Gasteiger partial charge in [-0.3, -0.25) is 0 Å². The van der Waals surface area contributed by atoms with E-state index in [0.717, 1.165) is 15.6 Å². The molecule has 0 radical (unpaired) electrons. The molecule has 1 N–H and O–H groups in total. The number of nitrogens with one attached hydrogen (secondary N) is 1. The van der Waals surface area contributed by atoms with Crippen LogP contribution in [0.4, 0.5) is 0 Å². The zero-order valence-electron chi connectivity index (χ0n) is 19.0. The van der Waals surface area contributed by atoms with Gasteiger partial charge in [-0.15, -0.1) is 0 Å². The van der Waals surface area contributed by atoms with E-state index in [1.165, 1.54) is 21.6 Å². The van der Waals surface area contributed by atoms with Gasteiger partial charge in [0.25, 0.3) is 0 Å². The number of benzene rings is 2. The van der Waals surface area contributed by atoms with Crippen molar-refractivity contribution in [2.75, 3.05) is 13.3 Å². The van der Waals surface area contributed by atoms with E-state index in [0.29, 0.717) is 10.6 Å². The molecule has 0 aliphatic rings. The van der Waals surface area contributed by atoms with E-state index in [1.807, 2.05) is 35.7 Å². The number of amides is 1. The summed E-state index contributed by atoms with van der Waals surface area (Å²) in [5, 5.41) is 6.12. The van der Waals surface area contributed by atoms with Gasteiger partial charge in [0.05, 0.1) is 0 Å². The predicted octanol–water partition coefficient (Wildman–Crippen LogP) is 6.87. The van der Waals surface area contributed by atoms with Gasteiger partial charge in [0.2, 0.25) is 0 Å². The maximum absolute atomic E-state index is 13.4. The van der Waals surface area contributed by atoms with Gasteiger partial charge in [-0.1, -0.05) is 11.6 Å². The van der Waals surface area contributed by atoms with Crippen LogP contribution in [0.1, 0.15) is 23.7 Å². The van der Waals surface area contributed by atoms with Gasteiger partial charge in [-0.05, 0) is 6.07 Å². The fourth-order valence-corrected chi connectivity index (χ4v) is 10.1. The second-order valence-electron chi connectivity index (χ2n) is 8.78. The minimum absolute atomic E-state index is 0.266. The van der Waals surface area contributed by atoms with Gasteiger partial charge >= 0.3 is 187 Å². The molecule has 1 aromatic heterocycles. The van der Waals surface area contributed by atoms with E-state index in [4.69, 9.17) is 16.1 Å². The van der Waals surface area contributed by atoms with Crippen LogP contribution in [-0.2, 0) is 13.9 Å². The van der Waals surface area contributed by atoms with Crippen molar-refractivity contribution in [3.63, 3.8) is 0 Å². The first-order valence-corrected chi connectivity index (χ1v) is 23.9. The number of rotatable bonds is 8. The molecule has 0 aliphatic carbocycles. The quantitative estimate of drug-likeness (QED) is 0.228. The first kappa shape index (κ1) is 25.5. The second kappa shape index (κ2) is 10.4. The first-order chi connectivity index (χ1) is 15.0. The van der Waals surface area contributed by atoms with Crippen molar-refractivity contribution in [3.05, 3.63) is 70.2 Å². The van der Waals surface area contributed by atoms with Crippen LogP contribution in [-0.4, -0.2) is 37.6 Å². The third-order valence-corrected chi connectivity index (χ3v) is 14.5. The Balaban J connectivity index is 1.91. The molecule has 1 heterocycles. The number of fused-ring (bicyclic) bond motifs is 1. The Morgan fingerprint density at radius 3 is 2.69 bits per heavy atom. The molecule has 170 valence electrons. The van der Waals surface area contributed by atoms with E-state index in [2.05, 4.69) is 38.3 Å². The second-order valence-corrected chi connectivity index (χ2v) is 27.2. The summed E-state index contributed by atoms with van der Waals surface area (Å²) < 4.78 is 21.4. The Morgan fingerprint density at radius 1 is 1.25 bits per heavy atom. The number of hydrogen-bond acceptors (Lipinski definition) is 4. The molecule has 1 amide bonds. The van der Waals surface area contributed by atoms with E-state index < -0.39 is 31.4 Å². The molecule has 8 heteroatoms. The van der Waals surface area contributed by atoms with Crippen LogP contribution < -0.4 is 8.90 Å².